The van der Waals surface area contributed by atoms with Gasteiger partial charge in [0.1, 0.15) is 17.6 Å². The van der Waals surface area contributed by atoms with E-state index in [2.05, 4.69) is 0 Å². The van der Waals surface area contributed by atoms with Crippen LogP contribution in [0.1, 0.15) is 10.8 Å². The molecule has 0 amide bonds. The van der Waals surface area contributed by atoms with Gasteiger partial charge in [-0.3, -0.25) is 0 Å². The lowest BCUT2D eigenvalue weighted by Crippen LogP contribution is -2.16. The summed E-state index contributed by atoms with van der Waals surface area (Å²) in [5.74, 6) is -0.0514. The molecular formula is C16H17NO5S2. The van der Waals surface area contributed by atoms with Crippen molar-refractivity contribution in [2.24, 2.45) is 5.73 Å². The van der Waals surface area contributed by atoms with Crippen molar-refractivity contribution in [2.75, 3.05) is 18.9 Å². The highest BCUT2D eigenvalue weighted by atomic mass is 32.2. The zero-order valence-electron chi connectivity index (χ0n) is 12.8. The number of benzene rings is 2. The van der Waals surface area contributed by atoms with E-state index in [0.717, 1.165) is 0 Å². The van der Waals surface area contributed by atoms with Gasteiger partial charge in [0, 0.05) is 6.54 Å². The van der Waals surface area contributed by atoms with Crippen LogP contribution in [0.5, 0.6) is 5.75 Å². The molecule has 6 nitrogen and oxygen atoms in total. The quantitative estimate of drug-likeness (QED) is 0.855. The average molecular weight is 367 g/mol. The molecule has 0 saturated carbocycles. The fourth-order valence-corrected chi connectivity index (χ4v) is 7.05. The molecule has 0 fully saturated rings. The van der Waals surface area contributed by atoms with E-state index in [9.17, 15) is 16.8 Å². The molecule has 128 valence electrons. The van der Waals surface area contributed by atoms with Crippen LogP contribution in [0.4, 0.5) is 0 Å². The van der Waals surface area contributed by atoms with Crippen molar-refractivity contribution in [1.82, 2.24) is 0 Å². The second-order valence-corrected chi connectivity index (χ2v) is 9.60. The lowest BCUT2D eigenvalue weighted by atomic mass is 10.1. The first-order valence-corrected chi connectivity index (χ1v) is 10.5. The fourth-order valence-electron chi connectivity index (χ4n) is 2.74. The van der Waals surface area contributed by atoms with Gasteiger partial charge in [0.2, 0.25) is 0 Å². The van der Waals surface area contributed by atoms with E-state index >= 15 is 0 Å². The van der Waals surface area contributed by atoms with Gasteiger partial charge in [0.15, 0.2) is 19.7 Å². The maximum atomic E-state index is 12.9. The summed E-state index contributed by atoms with van der Waals surface area (Å²) in [7, 11) is -7.46. The largest absolute Gasteiger partial charge is 0.492 e. The van der Waals surface area contributed by atoms with Crippen LogP contribution in [0.2, 0.25) is 0 Å². The second-order valence-electron chi connectivity index (χ2n) is 5.46. The molecule has 24 heavy (non-hydrogen) atoms. The first kappa shape index (κ1) is 16.9. The van der Waals surface area contributed by atoms with Crippen molar-refractivity contribution < 1.29 is 21.6 Å². The van der Waals surface area contributed by atoms with Crippen LogP contribution in [0.15, 0.2) is 58.3 Å². The zero-order chi connectivity index (χ0) is 17.4. The van der Waals surface area contributed by atoms with E-state index in [4.69, 9.17) is 10.5 Å². The lowest BCUT2D eigenvalue weighted by molar-refractivity contribution is 0.328. The SMILES string of the molecule is NCCOc1ccc2c(c1)C(S(=O)(=O)c1ccccc1)CS2(=O)=O. The van der Waals surface area contributed by atoms with Crippen LogP contribution in [0.3, 0.4) is 0 Å². The molecule has 2 aromatic carbocycles. The van der Waals surface area contributed by atoms with E-state index in [1.807, 2.05) is 0 Å². The monoisotopic (exact) mass is 367 g/mol. The van der Waals surface area contributed by atoms with Crippen LogP contribution in [-0.2, 0) is 19.7 Å². The summed E-state index contributed by atoms with van der Waals surface area (Å²) in [6.07, 6.45) is 0. The number of ether oxygens (including phenoxy) is 1. The number of rotatable bonds is 5. The summed E-state index contributed by atoms with van der Waals surface area (Å²) >= 11 is 0. The van der Waals surface area contributed by atoms with Crippen molar-refractivity contribution in [1.29, 1.82) is 0 Å². The molecule has 1 atom stereocenters. The van der Waals surface area contributed by atoms with Gasteiger partial charge in [0.25, 0.3) is 0 Å². The highest BCUT2D eigenvalue weighted by Gasteiger charge is 2.43. The Balaban J connectivity index is 2.10. The van der Waals surface area contributed by atoms with Crippen molar-refractivity contribution in [3.63, 3.8) is 0 Å². The van der Waals surface area contributed by atoms with Gasteiger partial charge < -0.3 is 10.5 Å². The Bertz CT molecular complexity index is 953. The number of hydrogen-bond acceptors (Lipinski definition) is 6. The van der Waals surface area contributed by atoms with Gasteiger partial charge in [0.05, 0.1) is 15.5 Å². The molecule has 2 N–H and O–H groups in total. The minimum atomic E-state index is -3.82. The molecule has 2 aromatic rings. The molecule has 1 unspecified atom stereocenters. The van der Waals surface area contributed by atoms with E-state index in [0.29, 0.717) is 12.3 Å². The molecule has 0 spiro atoms. The zero-order valence-corrected chi connectivity index (χ0v) is 14.4. The highest BCUT2D eigenvalue weighted by molar-refractivity contribution is 7.96. The van der Waals surface area contributed by atoms with E-state index in [1.54, 1.807) is 18.2 Å². The smallest absolute Gasteiger partial charge is 0.186 e. The molecule has 0 saturated heterocycles. The normalized spacial score (nSPS) is 19.0. The Labute approximate surface area is 141 Å². The summed E-state index contributed by atoms with van der Waals surface area (Å²) in [6, 6.07) is 12.3. The van der Waals surface area contributed by atoms with Crippen molar-refractivity contribution >= 4 is 19.7 Å². The fraction of sp³-hybridized carbons (Fsp3) is 0.250. The van der Waals surface area contributed by atoms with E-state index in [1.165, 1.54) is 30.3 Å². The van der Waals surface area contributed by atoms with Crippen LogP contribution < -0.4 is 10.5 Å². The molecule has 0 aromatic heterocycles. The molecule has 0 bridgehead atoms. The van der Waals surface area contributed by atoms with Crippen LogP contribution in [0, 0.1) is 0 Å². The number of nitrogens with two attached hydrogens (primary N) is 1. The first-order valence-electron chi connectivity index (χ1n) is 7.35. The number of hydrogen-bond donors (Lipinski definition) is 1. The summed E-state index contributed by atoms with van der Waals surface area (Å²) in [4.78, 5) is 0.151. The summed E-state index contributed by atoms with van der Waals surface area (Å²) in [5, 5.41) is -1.14. The molecule has 0 aliphatic carbocycles. The third kappa shape index (κ3) is 2.92. The minimum Gasteiger partial charge on any atom is -0.492 e. The summed E-state index contributed by atoms with van der Waals surface area (Å²) in [5.41, 5.74) is 5.65. The standard InChI is InChI=1S/C16H17NO5S2/c17-8-9-22-12-6-7-15-14(10-12)16(11-23(15,18)19)24(20,21)13-4-2-1-3-5-13/h1-7,10,16H,8-9,11,17H2. The topological polar surface area (TPSA) is 104 Å². The third-order valence-corrected chi connectivity index (χ3v) is 7.99. The predicted octanol–water partition coefficient (Wildman–Crippen LogP) is 1.33. The lowest BCUT2D eigenvalue weighted by Gasteiger charge is -2.13. The molecular weight excluding hydrogens is 350 g/mol. The van der Waals surface area contributed by atoms with Crippen LogP contribution in [0.25, 0.3) is 0 Å². The highest BCUT2D eigenvalue weighted by Crippen LogP contribution is 2.42. The predicted molar refractivity (Wildman–Crippen MR) is 89.4 cm³/mol. The molecule has 1 aliphatic rings. The Morgan fingerprint density at radius 1 is 1.12 bits per heavy atom. The van der Waals surface area contributed by atoms with E-state index in [-0.39, 0.29) is 22.0 Å². The first-order chi connectivity index (χ1) is 11.4. The second kappa shape index (κ2) is 6.19. The maximum Gasteiger partial charge on any atom is 0.186 e. The summed E-state index contributed by atoms with van der Waals surface area (Å²) < 4.78 is 55.9. The number of fused-ring (bicyclic) bond motifs is 1. The van der Waals surface area contributed by atoms with Gasteiger partial charge in [-0.15, -0.1) is 0 Å². The van der Waals surface area contributed by atoms with Crippen molar-refractivity contribution in [3.8, 4) is 5.75 Å². The van der Waals surface area contributed by atoms with Crippen LogP contribution in [-0.4, -0.2) is 35.7 Å². The molecule has 1 heterocycles. The molecule has 1 aliphatic heterocycles. The van der Waals surface area contributed by atoms with Gasteiger partial charge in [-0.1, -0.05) is 18.2 Å². The van der Waals surface area contributed by atoms with Gasteiger partial charge in [-0.2, -0.15) is 0 Å². The Morgan fingerprint density at radius 3 is 2.50 bits per heavy atom. The Morgan fingerprint density at radius 2 is 1.83 bits per heavy atom. The minimum absolute atomic E-state index is 0.0482. The Hall–Kier alpha value is -1.90. The maximum absolute atomic E-state index is 12.9. The van der Waals surface area contributed by atoms with Gasteiger partial charge >= 0.3 is 0 Å². The summed E-state index contributed by atoms with van der Waals surface area (Å²) in [6.45, 7) is 0.572. The van der Waals surface area contributed by atoms with Crippen molar-refractivity contribution in [2.45, 2.75) is 15.0 Å². The van der Waals surface area contributed by atoms with Gasteiger partial charge in [-0.05, 0) is 35.9 Å². The molecule has 8 heteroatoms. The van der Waals surface area contributed by atoms with Crippen LogP contribution >= 0.6 is 0 Å². The molecule has 3 rings (SSSR count). The van der Waals surface area contributed by atoms with E-state index < -0.39 is 30.7 Å². The average Bonchev–Trinajstić information content (AvgIpc) is 2.85. The Kier molecular flexibility index (Phi) is 4.37. The van der Waals surface area contributed by atoms with Gasteiger partial charge in [-0.25, -0.2) is 16.8 Å². The number of sulfone groups is 2. The third-order valence-electron chi connectivity index (χ3n) is 3.87. The van der Waals surface area contributed by atoms with Crippen molar-refractivity contribution in [3.05, 3.63) is 54.1 Å². The molecule has 0 radical (unpaired) electrons.